The highest BCUT2D eigenvalue weighted by atomic mass is 35.5. The van der Waals surface area contributed by atoms with Crippen molar-refractivity contribution in [2.24, 2.45) is 34.5 Å². The number of ether oxygens (including phenoxy) is 3. The van der Waals surface area contributed by atoms with E-state index in [9.17, 15) is 39.0 Å². The highest BCUT2D eigenvalue weighted by Crippen LogP contribution is 2.64. The van der Waals surface area contributed by atoms with Crippen LogP contribution in [-0.4, -0.2) is 86.7 Å². The van der Waals surface area contributed by atoms with Crippen LogP contribution in [0.25, 0.3) is 22.3 Å². The molecule has 2 saturated heterocycles. The molecule has 4 aromatic rings. The van der Waals surface area contributed by atoms with Gasteiger partial charge in [0.2, 0.25) is 0 Å². The maximum Gasteiger partial charge on any atom is 0.338 e. The summed E-state index contributed by atoms with van der Waals surface area (Å²) in [6.07, 6.45) is 12.1. The molecular weight excluding hydrogens is 924 g/mol. The van der Waals surface area contributed by atoms with Crippen molar-refractivity contribution in [3.05, 3.63) is 145 Å². The summed E-state index contributed by atoms with van der Waals surface area (Å²) >= 11 is 5.36. The van der Waals surface area contributed by atoms with Gasteiger partial charge in [-0.3, -0.25) is 24.0 Å². The zero-order valence-corrected chi connectivity index (χ0v) is 40.8. The number of Topliss-reactive ketones (excluding diaryl/α,β-unsaturated/α-hetero) is 2. The molecule has 372 valence electrons. The molecular formula is C58H61ClO12. The number of aliphatic hydroxyl groups is 3. The number of carbonyl (C=O) groups is 6. The molecule has 10 atom stereocenters. The Labute approximate surface area is 419 Å². The van der Waals surface area contributed by atoms with Crippen LogP contribution in [0.4, 0.5) is 0 Å². The Hall–Kier alpha value is -6.05. The summed E-state index contributed by atoms with van der Waals surface area (Å²) in [6, 6.07) is 34.3. The van der Waals surface area contributed by atoms with Gasteiger partial charge < -0.3 is 29.5 Å². The number of aliphatic hydroxyl groups excluding tert-OH is 3. The minimum Gasteiger partial charge on any atom is -0.462 e. The minimum absolute atomic E-state index is 0.0261. The summed E-state index contributed by atoms with van der Waals surface area (Å²) in [5.74, 6) is -3.05. The van der Waals surface area contributed by atoms with Gasteiger partial charge in [-0.25, -0.2) is 4.79 Å². The van der Waals surface area contributed by atoms with Gasteiger partial charge in [0.25, 0.3) is 5.24 Å². The van der Waals surface area contributed by atoms with E-state index in [2.05, 4.69) is 0 Å². The van der Waals surface area contributed by atoms with Gasteiger partial charge in [-0.05, 0) is 123 Å². The average Bonchev–Trinajstić information content (AvgIpc) is 3.69. The maximum atomic E-state index is 13.0. The van der Waals surface area contributed by atoms with Gasteiger partial charge in [0, 0.05) is 36.8 Å². The molecule has 10 rings (SSSR count). The van der Waals surface area contributed by atoms with E-state index >= 15 is 0 Å². The van der Waals surface area contributed by atoms with Gasteiger partial charge in [-0.1, -0.05) is 109 Å². The first kappa shape index (κ1) is 51.3. The SMILES string of the molecule is C[C@@]12OC(=O)[C@]1([C@@H](O)[C@@H]1C=CCCC1)CC(=O)[C@@H]2CCO.C[C@@]12OC(=O)[C@]1([C@@H](O)[C@@H]1C=CCCC1)CC(=O)[C@@H]2CCOC(=O)c1ccc(-c2ccccc2)cc1.O=C(Cl)c1ccc(-c2ccccc2)cc1. The van der Waals surface area contributed by atoms with Crippen LogP contribution in [0.3, 0.4) is 0 Å². The summed E-state index contributed by atoms with van der Waals surface area (Å²) in [6.45, 7) is 3.37. The molecule has 4 aromatic carbocycles. The van der Waals surface area contributed by atoms with Crippen molar-refractivity contribution in [2.45, 2.75) is 101 Å². The van der Waals surface area contributed by atoms with Crippen molar-refractivity contribution in [2.75, 3.05) is 13.2 Å². The fourth-order valence-corrected chi connectivity index (χ4v) is 12.0. The third kappa shape index (κ3) is 9.47. The number of ketones is 2. The van der Waals surface area contributed by atoms with E-state index in [1.165, 1.54) is 0 Å². The van der Waals surface area contributed by atoms with E-state index in [0.717, 1.165) is 60.8 Å². The van der Waals surface area contributed by atoms with Crippen LogP contribution in [0.2, 0.25) is 0 Å². The number of hydrogen-bond acceptors (Lipinski definition) is 12. The van der Waals surface area contributed by atoms with Gasteiger partial charge in [0.1, 0.15) is 33.6 Å². The van der Waals surface area contributed by atoms with E-state index in [4.69, 9.17) is 30.9 Å². The summed E-state index contributed by atoms with van der Waals surface area (Å²) in [5, 5.41) is 30.8. The molecule has 4 fully saturated rings. The van der Waals surface area contributed by atoms with E-state index in [-0.39, 0.29) is 62.3 Å². The fraction of sp³-hybridized carbons (Fsp3) is 0.414. The summed E-state index contributed by atoms with van der Waals surface area (Å²) in [7, 11) is 0. The molecule has 4 aliphatic carbocycles. The molecule has 0 unspecified atom stereocenters. The van der Waals surface area contributed by atoms with Crippen molar-refractivity contribution >= 4 is 46.3 Å². The molecule has 0 amide bonds. The number of carbonyl (C=O) groups excluding carboxylic acids is 6. The van der Waals surface area contributed by atoms with Crippen LogP contribution in [0, 0.1) is 34.5 Å². The molecule has 0 aromatic heterocycles. The van der Waals surface area contributed by atoms with Gasteiger partial charge in [0.15, 0.2) is 0 Å². The highest BCUT2D eigenvalue weighted by Gasteiger charge is 2.79. The normalized spacial score (nSPS) is 29.8. The Balaban J connectivity index is 0.000000159. The largest absolute Gasteiger partial charge is 0.462 e. The van der Waals surface area contributed by atoms with Crippen LogP contribution in [-0.2, 0) is 33.4 Å². The molecule has 0 radical (unpaired) electrons. The number of halogens is 1. The number of rotatable bonds is 13. The number of fused-ring (bicyclic) bond motifs is 2. The third-order valence-electron chi connectivity index (χ3n) is 16.0. The molecule has 71 heavy (non-hydrogen) atoms. The number of allylic oxidation sites excluding steroid dienone is 2. The zero-order valence-electron chi connectivity index (χ0n) is 40.0. The lowest BCUT2D eigenvalue weighted by Crippen LogP contribution is -2.70. The van der Waals surface area contributed by atoms with Crippen LogP contribution in [0.5, 0.6) is 0 Å². The monoisotopic (exact) mass is 984 g/mol. The van der Waals surface area contributed by atoms with Crippen molar-refractivity contribution in [1.29, 1.82) is 0 Å². The quantitative estimate of drug-likeness (QED) is 0.0499. The first-order chi connectivity index (χ1) is 34.1. The third-order valence-corrected chi connectivity index (χ3v) is 16.2. The highest BCUT2D eigenvalue weighted by molar-refractivity contribution is 6.67. The van der Waals surface area contributed by atoms with Crippen molar-refractivity contribution in [1.82, 2.24) is 0 Å². The standard InChI is InChI=1S/C29H30O6.C16H22O5.C13H9ClO/c1-28-23(24(30)18-29(28,27(33)35-28)25(31)21-10-6-3-7-11-21)16-17-34-26(32)22-14-12-20(13-15-22)19-8-4-2-5-9-19;1-15-11(7-8-17)12(18)9-16(15,14(20)21-15)13(19)10-5-3-2-4-6-10;14-13(15)12-8-6-11(7-9-12)10-4-2-1-3-5-10/h2,4-6,8-10,12-15,21,23,25,31H,3,7,11,16-18H2,1H3;3,5,10-11,13,17,19H,2,4,6-9H2,1H3;1-9H/t21-,23+,25+,28+,29-;10-,11+,13+,15+,16-;/m11./s1. The fourth-order valence-electron chi connectivity index (χ4n) is 11.9. The van der Waals surface area contributed by atoms with Crippen molar-refractivity contribution in [3.63, 3.8) is 0 Å². The molecule has 2 aliphatic heterocycles. The molecule has 6 aliphatic rings. The topological polar surface area (TPSA) is 191 Å². The first-order valence-corrected chi connectivity index (χ1v) is 25.0. The second kappa shape index (κ2) is 21.3. The Morgan fingerprint density at radius 2 is 1.03 bits per heavy atom. The van der Waals surface area contributed by atoms with Gasteiger partial charge >= 0.3 is 17.9 Å². The van der Waals surface area contributed by atoms with Gasteiger partial charge in [-0.15, -0.1) is 0 Å². The maximum absolute atomic E-state index is 13.0. The lowest BCUT2D eigenvalue weighted by Gasteiger charge is -2.55. The Bertz CT molecular complexity index is 2670. The first-order valence-electron chi connectivity index (χ1n) is 24.6. The molecule has 12 nitrogen and oxygen atoms in total. The molecule has 3 N–H and O–H groups in total. The summed E-state index contributed by atoms with van der Waals surface area (Å²) < 4.78 is 16.4. The molecule has 2 heterocycles. The summed E-state index contributed by atoms with van der Waals surface area (Å²) in [5.41, 5.74) is 0.807. The minimum atomic E-state index is -1.22. The molecule has 0 bridgehead atoms. The van der Waals surface area contributed by atoms with Crippen LogP contribution < -0.4 is 0 Å². The van der Waals surface area contributed by atoms with E-state index in [1.54, 1.807) is 38.1 Å². The predicted molar refractivity (Wildman–Crippen MR) is 266 cm³/mol. The van der Waals surface area contributed by atoms with Crippen molar-refractivity contribution in [3.8, 4) is 22.3 Å². The van der Waals surface area contributed by atoms with Crippen LogP contribution in [0.15, 0.2) is 133 Å². The Morgan fingerprint density at radius 1 is 0.620 bits per heavy atom. The van der Waals surface area contributed by atoms with Crippen molar-refractivity contribution < 1.29 is 58.3 Å². The lowest BCUT2D eigenvalue weighted by atomic mass is 9.60. The van der Waals surface area contributed by atoms with Crippen LogP contribution >= 0.6 is 11.6 Å². The van der Waals surface area contributed by atoms with Gasteiger partial charge in [0.05, 0.1) is 36.2 Å². The predicted octanol–water partition coefficient (Wildman–Crippen LogP) is 9.22. The number of hydrogen-bond donors (Lipinski definition) is 3. The molecule has 2 saturated carbocycles. The number of benzene rings is 4. The molecule has 0 spiro atoms. The van der Waals surface area contributed by atoms with Gasteiger partial charge in [-0.2, -0.15) is 0 Å². The van der Waals surface area contributed by atoms with E-state index in [0.29, 0.717) is 11.1 Å². The van der Waals surface area contributed by atoms with Crippen LogP contribution in [0.1, 0.15) is 98.8 Å². The van der Waals surface area contributed by atoms with E-state index in [1.807, 2.05) is 109 Å². The zero-order chi connectivity index (χ0) is 50.6. The number of esters is 3. The molecule has 13 heteroatoms. The average molecular weight is 986 g/mol. The second-order valence-electron chi connectivity index (χ2n) is 19.9. The summed E-state index contributed by atoms with van der Waals surface area (Å²) in [4.78, 5) is 73.6. The second-order valence-corrected chi connectivity index (χ2v) is 20.2. The Kier molecular flexibility index (Phi) is 15.4. The lowest BCUT2D eigenvalue weighted by molar-refractivity contribution is -0.264. The smallest absolute Gasteiger partial charge is 0.338 e. The Morgan fingerprint density at radius 3 is 1.41 bits per heavy atom. The van der Waals surface area contributed by atoms with E-state index < -0.39 is 69.2 Å².